The summed E-state index contributed by atoms with van der Waals surface area (Å²) in [6, 6.07) is 63.9. The van der Waals surface area contributed by atoms with E-state index in [9.17, 15) is 4.79 Å². The number of carbonyl (C=O) groups excluding carboxylic acids is 1. The minimum atomic E-state index is -0.0583. The highest BCUT2D eigenvalue weighted by molar-refractivity contribution is 6.18. The topological polar surface area (TPSA) is 28.5 Å². The molecule has 8 aromatic rings. The quantitative estimate of drug-likeness (QED) is 0.181. The number of anilines is 6. The highest BCUT2D eigenvalue weighted by Crippen LogP contribution is 2.41. The molecule has 7 aromatic carbocycles. The number of hydrogen-bond donors (Lipinski definition) is 0. The molecule has 0 aliphatic rings. The Morgan fingerprint density at radius 2 is 0.681 bits per heavy atom. The summed E-state index contributed by atoms with van der Waals surface area (Å²) in [4.78, 5) is 18.7. The van der Waals surface area contributed by atoms with Gasteiger partial charge in [-0.1, -0.05) is 91.0 Å². The first kappa shape index (κ1) is 28.1. The summed E-state index contributed by atoms with van der Waals surface area (Å²) >= 11 is 0. The average Bonchev–Trinajstić information content (AvgIpc) is 3.47. The van der Waals surface area contributed by atoms with Gasteiger partial charge >= 0.3 is 0 Å². The van der Waals surface area contributed by atoms with Gasteiger partial charge in [0.2, 0.25) is 0 Å². The Balaban J connectivity index is 1.39. The molecule has 0 spiro atoms. The number of fused-ring (bicyclic) bond motifs is 3. The normalized spacial score (nSPS) is 11.1. The van der Waals surface area contributed by atoms with E-state index in [4.69, 9.17) is 0 Å². The Bertz CT molecular complexity index is 2080. The van der Waals surface area contributed by atoms with Crippen molar-refractivity contribution in [1.29, 1.82) is 0 Å². The van der Waals surface area contributed by atoms with E-state index in [2.05, 4.69) is 143 Å². The maximum atomic E-state index is 14.2. The summed E-state index contributed by atoms with van der Waals surface area (Å²) in [7, 11) is 0. The second-order valence-electron chi connectivity index (χ2n) is 11.4. The number of nitrogens with zero attached hydrogens (tertiary/aromatic N) is 3. The van der Waals surface area contributed by atoms with Gasteiger partial charge in [-0.15, -0.1) is 0 Å². The second-order valence-corrected chi connectivity index (χ2v) is 11.4. The number of aromatic nitrogens is 1. The Labute approximate surface area is 274 Å². The molecule has 8 rings (SSSR count). The van der Waals surface area contributed by atoms with Crippen molar-refractivity contribution < 1.29 is 4.79 Å². The summed E-state index contributed by atoms with van der Waals surface area (Å²) in [6.45, 7) is 0. The third-order valence-electron chi connectivity index (χ3n) is 8.53. The monoisotopic (exact) mass is 605 g/mol. The smallest absolute Gasteiger partial charge is 0.262 e. The molecule has 4 nitrogen and oxygen atoms in total. The van der Waals surface area contributed by atoms with Gasteiger partial charge in [0, 0.05) is 50.5 Å². The van der Waals surface area contributed by atoms with Crippen LogP contribution in [0.4, 0.5) is 34.1 Å². The SMILES string of the molecule is O=C(c1ccccc1)n1c2ccc(N(c3ccccc3)c3ccccc3)cc2c2cc(N(c3ccccc3)c3ccccc3)ccc21. The average molecular weight is 606 g/mol. The second kappa shape index (κ2) is 12.2. The van der Waals surface area contributed by atoms with E-state index >= 15 is 0 Å². The van der Waals surface area contributed by atoms with Crippen LogP contribution < -0.4 is 9.80 Å². The number of carbonyl (C=O) groups is 1. The van der Waals surface area contributed by atoms with Crippen molar-refractivity contribution in [2.24, 2.45) is 0 Å². The van der Waals surface area contributed by atoms with Gasteiger partial charge in [-0.05, 0) is 97.1 Å². The Morgan fingerprint density at radius 1 is 0.362 bits per heavy atom. The van der Waals surface area contributed by atoms with Crippen LogP contribution in [0.2, 0.25) is 0 Å². The molecule has 0 atom stereocenters. The number of hydrogen-bond acceptors (Lipinski definition) is 3. The molecule has 224 valence electrons. The third-order valence-corrected chi connectivity index (χ3v) is 8.53. The predicted molar refractivity (Wildman–Crippen MR) is 195 cm³/mol. The van der Waals surface area contributed by atoms with Crippen LogP contribution in [0.1, 0.15) is 10.4 Å². The zero-order valence-electron chi connectivity index (χ0n) is 25.6. The van der Waals surface area contributed by atoms with Gasteiger partial charge in [-0.2, -0.15) is 0 Å². The zero-order valence-corrected chi connectivity index (χ0v) is 25.6. The molecule has 1 heterocycles. The lowest BCUT2D eigenvalue weighted by Crippen LogP contribution is -2.12. The molecule has 1 aromatic heterocycles. The van der Waals surface area contributed by atoms with E-state index in [1.165, 1.54) is 0 Å². The van der Waals surface area contributed by atoms with Crippen LogP contribution in [0, 0.1) is 0 Å². The number of benzene rings is 7. The molecule has 47 heavy (non-hydrogen) atoms. The van der Waals surface area contributed by atoms with Crippen molar-refractivity contribution in [3.05, 3.63) is 194 Å². The van der Waals surface area contributed by atoms with Gasteiger partial charge in [0.1, 0.15) is 0 Å². The van der Waals surface area contributed by atoms with Gasteiger partial charge in [-0.3, -0.25) is 9.36 Å². The van der Waals surface area contributed by atoms with Gasteiger partial charge < -0.3 is 9.80 Å². The molecule has 0 saturated heterocycles. The zero-order chi connectivity index (χ0) is 31.6. The fourth-order valence-corrected chi connectivity index (χ4v) is 6.41. The lowest BCUT2D eigenvalue weighted by molar-refractivity contribution is 0.0969. The van der Waals surface area contributed by atoms with E-state index in [-0.39, 0.29) is 5.91 Å². The minimum absolute atomic E-state index is 0.0583. The van der Waals surface area contributed by atoms with Crippen molar-refractivity contribution in [3.63, 3.8) is 0 Å². The van der Waals surface area contributed by atoms with Crippen molar-refractivity contribution in [2.75, 3.05) is 9.80 Å². The van der Waals surface area contributed by atoms with Crippen LogP contribution in [0.25, 0.3) is 21.8 Å². The summed E-state index contributed by atoms with van der Waals surface area (Å²) in [5.41, 5.74) is 8.62. The van der Waals surface area contributed by atoms with Gasteiger partial charge in [0.25, 0.3) is 5.91 Å². The molecular weight excluding hydrogens is 574 g/mol. The van der Waals surface area contributed by atoms with Gasteiger partial charge in [0.15, 0.2) is 0 Å². The molecule has 0 N–H and O–H groups in total. The maximum absolute atomic E-state index is 14.2. The summed E-state index contributed by atoms with van der Waals surface area (Å²) in [5.74, 6) is -0.0583. The molecule has 0 saturated carbocycles. The molecule has 0 aliphatic carbocycles. The summed E-state index contributed by atoms with van der Waals surface area (Å²) < 4.78 is 1.86. The molecule has 0 bridgehead atoms. The number of rotatable bonds is 7. The highest BCUT2D eigenvalue weighted by Gasteiger charge is 2.22. The summed E-state index contributed by atoms with van der Waals surface area (Å²) in [6.07, 6.45) is 0. The van der Waals surface area contributed by atoms with Crippen LogP contribution in [-0.4, -0.2) is 10.5 Å². The first-order valence-corrected chi connectivity index (χ1v) is 15.7. The molecule has 0 radical (unpaired) electrons. The molecule has 0 amide bonds. The van der Waals surface area contributed by atoms with Crippen molar-refractivity contribution >= 4 is 61.8 Å². The van der Waals surface area contributed by atoms with Crippen LogP contribution in [0.5, 0.6) is 0 Å². The minimum Gasteiger partial charge on any atom is -0.310 e. The lowest BCUT2D eigenvalue weighted by atomic mass is 10.1. The van der Waals surface area contributed by atoms with Crippen LogP contribution in [0.3, 0.4) is 0 Å². The fourth-order valence-electron chi connectivity index (χ4n) is 6.41. The first-order valence-electron chi connectivity index (χ1n) is 15.7. The van der Waals surface area contributed by atoms with Gasteiger partial charge in [0.05, 0.1) is 11.0 Å². The molecule has 0 aliphatic heterocycles. The number of para-hydroxylation sites is 4. The highest BCUT2D eigenvalue weighted by atomic mass is 16.2. The fraction of sp³-hybridized carbons (Fsp3) is 0. The van der Waals surface area contributed by atoms with E-state index in [1.54, 1.807) is 0 Å². The van der Waals surface area contributed by atoms with E-state index in [0.717, 1.165) is 55.9 Å². The van der Waals surface area contributed by atoms with Crippen LogP contribution in [0.15, 0.2) is 188 Å². The molecular formula is C43H31N3O. The molecule has 4 heteroatoms. The largest absolute Gasteiger partial charge is 0.310 e. The predicted octanol–water partition coefficient (Wildman–Crippen LogP) is 11.4. The Hall–Kier alpha value is -6.39. The third kappa shape index (κ3) is 5.22. The Morgan fingerprint density at radius 3 is 1.02 bits per heavy atom. The molecule has 0 unspecified atom stereocenters. The van der Waals surface area contributed by atoms with E-state index < -0.39 is 0 Å². The van der Waals surface area contributed by atoms with E-state index in [1.807, 2.05) is 59.2 Å². The van der Waals surface area contributed by atoms with E-state index in [0.29, 0.717) is 5.56 Å². The van der Waals surface area contributed by atoms with Crippen molar-refractivity contribution in [3.8, 4) is 0 Å². The maximum Gasteiger partial charge on any atom is 0.262 e. The summed E-state index contributed by atoms with van der Waals surface area (Å²) in [5, 5.41) is 2.00. The van der Waals surface area contributed by atoms with Crippen LogP contribution >= 0.6 is 0 Å². The Kier molecular flexibility index (Phi) is 7.29. The van der Waals surface area contributed by atoms with Crippen molar-refractivity contribution in [2.45, 2.75) is 0 Å². The lowest BCUT2D eigenvalue weighted by Gasteiger charge is -2.26. The van der Waals surface area contributed by atoms with Crippen molar-refractivity contribution in [1.82, 2.24) is 4.57 Å². The standard InChI is InChI=1S/C43H31N3O/c47-43(32-16-6-1-7-17-32)46-41-28-26-37(44(33-18-8-2-9-19-33)34-20-10-3-11-21-34)30-39(41)40-31-38(27-29-42(40)46)45(35-22-12-4-13-23-35)36-24-14-5-15-25-36/h1-31H. The molecule has 0 fully saturated rings. The first-order chi connectivity index (χ1) is 23.3. The van der Waals surface area contributed by atoms with Gasteiger partial charge in [-0.25, -0.2) is 0 Å². The van der Waals surface area contributed by atoms with Crippen LogP contribution in [-0.2, 0) is 0 Å².